The first-order valence-electron chi connectivity index (χ1n) is 13.4. The van der Waals surface area contributed by atoms with E-state index in [2.05, 4.69) is 25.9 Å². The van der Waals surface area contributed by atoms with Crippen LogP contribution >= 0.6 is 23.1 Å². The van der Waals surface area contributed by atoms with Crippen LogP contribution in [0, 0.1) is 0 Å². The van der Waals surface area contributed by atoms with Crippen LogP contribution in [0.5, 0.6) is 5.75 Å². The largest absolute Gasteiger partial charge is 0.496 e. The molecule has 5 aromatic rings. The van der Waals surface area contributed by atoms with Crippen molar-refractivity contribution in [3.8, 4) is 17.0 Å². The van der Waals surface area contributed by atoms with Gasteiger partial charge in [-0.25, -0.2) is 4.98 Å². The normalized spacial score (nSPS) is 11.0. The monoisotopic (exact) mass is 621 g/mol. The Morgan fingerprint density at radius 2 is 1.68 bits per heavy atom. The van der Waals surface area contributed by atoms with Crippen molar-refractivity contribution >= 4 is 57.7 Å². The number of methoxy groups -OCH3 is 1. The minimum absolute atomic E-state index is 0.0676. The summed E-state index contributed by atoms with van der Waals surface area (Å²) in [4.78, 5) is 48.0. The van der Waals surface area contributed by atoms with Crippen LogP contribution in [0.4, 0.5) is 10.8 Å². The van der Waals surface area contributed by atoms with Gasteiger partial charge in [0.15, 0.2) is 5.13 Å². The first kappa shape index (κ1) is 30.2. The molecule has 0 saturated carbocycles. The molecule has 9 nitrogen and oxygen atoms in total. The number of carbonyl (C=O) groups is 3. The van der Waals surface area contributed by atoms with Crippen LogP contribution in [0.3, 0.4) is 0 Å². The lowest BCUT2D eigenvalue weighted by molar-refractivity contribution is -0.114. The molecule has 5 rings (SSSR count). The number of para-hydroxylation sites is 1. The molecule has 0 aliphatic carbocycles. The number of ether oxygens (including phenoxy) is 1. The van der Waals surface area contributed by atoms with Crippen molar-refractivity contribution in [2.45, 2.75) is 4.90 Å². The van der Waals surface area contributed by atoms with Crippen molar-refractivity contribution in [3.05, 3.63) is 126 Å². The Bertz CT molecular complexity index is 1780. The number of nitrogens with zero attached hydrogens (tertiary/aromatic N) is 2. The summed E-state index contributed by atoms with van der Waals surface area (Å²) < 4.78 is 5.40. The lowest BCUT2D eigenvalue weighted by atomic mass is 10.1. The average Bonchev–Trinajstić information content (AvgIpc) is 3.53. The number of benzene rings is 3. The van der Waals surface area contributed by atoms with Crippen LogP contribution in [0.25, 0.3) is 17.3 Å². The summed E-state index contributed by atoms with van der Waals surface area (Å²) in [5, 5.41) is 10.7. The van der Waals surface area contributed by atoms with Crippen molar-refractivity contribution in [2.75, 3.05) is 23.5 Å². The smallest absolute Gasteiger partial charge is 0.272 e. The summed E-state index contributed by atoms with van der Waals surface area (Å²) in [6.45, 7) is 0. The number of hydrogen-bond acceptors (Lipinski definition) is 8. The Morgan fingerprint density at radius 3 is 2.43 bits per heavy atom. The van der Waals surface area contributed by atoms with Crippen LogP contribution in [0.1, 0.15) is 15.9 Å². The first-order valence-corrected chi connectivity index (χ1v) is 15.3. The van der Waals surface area contributed by atoms with Gasteiger partial charge >= 0.3 is 0 Å². The molecule has 0 fully saturated rings. The number of anilines is 2. The van der Waals surface area contributed by atoms with Crippen molar-refractivity contribution in [3.63, 3.8) is 0 Å². The van der Waals surface area contributed by atoms with Gasteiger partial charge in [-0.05, 0) is 66.2 Å². The van der Waals surface area contributed by atoms with Crippen LogP contribution in [-0.2, 0) is 9.59 Å². The number of hydrogen-bond donors (Lipinski definition) is 3. The maximum Gasteiger partial charge on any atom is 0.272 e. The van der Waals surface area contributed by atoms with Crippen LogP contribution in [-0.4, -0.2) is 40.6 Å². The van der Waals surface area contributed by atoms with Crippen LogP contribution in [0.15, 0.2) is 119 Å². The summed E-state index contributed by atoms with van der Waals surface area (Å²) in [5.41, 5.74) is 3.26. The number of thioether (sulfide) groups is 1. The molecule has 3 N–H and O–H groups in total. The number of thiazole rings is 1. The van der Waals surface area contributed by atoms with Crippen molar-refractivity contribution < 1.29 is 19.1 Å². The number of aromatic nitrogens is 2. The second-order valence-corrected chi connectivity index (χ2v) is 11.1. The molecule has 0 unspecified atom stereocenters. The minimum atomic E-state index is -0.492. The number of carbonyl (C=O) groups excluding carboxylic acids is 3. The van der Waals surface area contributed by atoms with Gasteiger partial charge in [0.05, 0.1) is 18.6 Å². The Hall–Kier alpha value is -5.26. The van der Waals surface area contributed by atoms with E-state index in [1.54, 1.807) is 74.1 Å². The Morgan fingerprint density at radius 1 is 0.909 bits per heavy atom. The fraction of sp³-hybridized carbons (Fsp3) is 0.0606. The van der Waals surface area contributed by atoms with Gasteiger partial charge in [-0.1, -0.05) is 36.4 Å². The summed E-state index contributed by atoms with van der Waals surface area (Å²) in [7, 11) is 1.61. The maximum absolute atomic E-state index is 13.2. The lowest BCUT2D eigenvalue weighted by Gasteiger charge is -2.12. The molecule has 0 atom stereocenters. The van der Waals surface area contributed by atoms with Crippen molar-refractivity contribution in [1.29, 1.82) is 0 Å². The van der Waals surface area contributed by atoms with E-state index >= 15 is 0 Å². The molecule has 0 radical (unpaired) electrons. The van der Waals surface area contributed by atoms with Crippen molar-refractivity contribution in [1.82, 2.24) is 15.3 Å². The first-order chi connectivity index (χ1) is 21.5. The van der Waals surface area contributed by atoms with Gasteiger partial charge in [0.2, 0.25) is 5.91 Å². The van der Waals surface area contributed by atoms with Crippen molar-refractivity contribution in [2.24, 2.45) is 0 Å². The zero-order chi connectivity index (χ0) is 30.7. The fourth-order valence-corrected chi connectivity index (χ4v) is 5.44. The van der Waals surface area contributed by atoms with Gasteiger partial charge in [-0.2, -0.15) is 0 Å². The van der Waals surface area contributed by atoms with E-state index in [0.29, 0.717) is 27.7 Å². The third kappa shape index (κ3) is 8.18. The molecule has 11 heteroatoms. The number of pyridine rings is 1. The van der Waals surface area contributed by atoms with E-state index in [0.717, 1.165) is 16.2 Å². The number of amides is 3. The number of rotatable bonds is 11. The van der Waals surface area contributed by atoms with E-state index in [1.807, 2.05) is 47.8 Å². The fourth-order valence-electron chi connectivity index (χ4n) is 4.02. The van der Waals surface area contributed by atoms with E-state index < -0.39 is 11.8 Å². The zero-order valence-electron chi connectivity index (χ0n) is 23.5. The molecule has 44 heavy (non-hydrogen) atoms. The summed E-state index contributed by atoms with van der Waals surface area (Å²) in [6.07, 6.45) is 4.78. The molecule has 0 bridgehead atoms. The lowest BCUT2D eigenvalue weighted by Crippen LogP contribution is -2.30. The Labute approximate surface area is 262 Å². The molecule has 3 aromatic carbocycles. The molecule has 220 valence electrons. The van der Waals surface area contributed by atoms with E-state index in [4.69, 9.17) is 4.74 Å². The molecule has 0 spiro atoms. The average molecular weight is 622 g/mol. The zero-order valence-corrected chi connectivity index (χ0v) is 25.2. The van der Waals surface area contributed by atoms with Crippen LogP contribution in [0.2, 0.25) is 0 Å². The molecule has 0 aliphatic heterocycles. The van der Waals surface area contributed by atoms with E-state index in [9.17, 15) is 14.4 Å². The molecule has 2 aromatic heterocycles. The van der Waals surface area contributed by atoms with Gasteiger partial charge in [-0.15, -0.1) is 23.1 Å². The second-order valence-electron chi connectivity index (χ2n) is 9.22. The minimum Gasteiger partial charge on any atom is -0.496 e. The quantitative estimate of drug-likeness (QED) is 0.116. The van der Waals surface area contributed by atoms with Gasteiger partial charge in [0.1, 0.15) is 11.4 Å². The summed E-state index contributed by atoms with van der Waals surface area (Å²) in [5.74, 6) is -0.196. The molecule has 2 heterocycles. The SMILES string of the molecule is COc1ccccc1-c1csc(NC(=O)CSc2ccc(NC(=O)/C(=C/c3cccnc3)NC(=O)c3ccccc3)cc2)n1. The van der Waals surface area contributed by atoms with Gasteiger partial charge in [0, 0.05) is 39.5 Å². The van der Waals surface area contributed by atoms with E-state index in [1.165, 1.54) is 23.1 Å². The van der Waals surface area contributed by atoms with Gasteiger partial charge < -0.3 is 20.7 Å². The Kier molecular flexibility index (Phi) is 10.1. The van der Waals surface area contributed by atoms with E-state index in [-0.39, 0.29) is 17.4 Å². The summed E-state index contributed by atoms with van der Waals surface area (Å²) in [6, 6.07) is 26.8. The molecule has 0 saturated heterocycles. The predicted octanol–water partition coefficient (Wildman–Crippen LogP) is 6.35. The molecular formula is C33H27N5O4S2. The van der Waals surface area contributed by atoms with Crippen LogP contribution < -0.4 is 20.7 Å². The predicted molar refractivity (Wildman–Crippen MR) is 175 cm³/mol. The molecule has 3 amide bonds. The second kappa shape index (κ2) is 14.8. The highest BCUT2D eigenvalue weighted by Gasteiger charge is 2.16. The topological polar surface area (TPSA) is 122 Å². The van der Waals surface area contributed by atoms with Gasteiger partial charge in [0.25, 0.3) is 11.8 Å². The third-order valence-corrected chi connectivity index (χ3v) is 7.91. The third-order valence-electron chi connectivity index (χ3n) is 6.14. The standard InChI is InChI=1S/C33H27N5O4S2/c1-42-29-12-6-5-11-26(29)28-20-44-33(37-28)38-30(39)21-43-25-15-13-24(14-16-25)35-32(41)27(18-22-8-7-17-34-19-22)36-31(40)23-9-3-2-4-10-23/h2-20H,21H2,1H3,(H,35,41)(H,36,40)(H,37,38,39)/b27-18-. The highest BCUT2D eigenvalue weighted by atomic mass is 32.2. The highest BCUT2D eigenvalue weighted by molar-refractivity contribution is 8.00. The maximum atomic E-state index is 13.2. The molecule has 0 aliphatic rings. The molecular weight excluding hydrogens is 595 g/mol. The highest BCUT2D eigenvalue weighted by Crippen LogP contribution is 2.32. The summed E-state index contributed by atoms with van der Waals surface area (Å²) >= 11 is 2.70. The van der Waals surface area contributed by atoms with Gasteiger partial charge in [-0.3, -0.25) is 19.4 Å². The number of nitrogens with one attached hydrogen (secondary N) is 3. The Balaban J connectivity index is 1.17.